The third-order valence-electron chi connectivity index (χ3n) is 13.2. The molecule has 4 aromatic heterocycles. The second-order valence-electron chi connectivity index (χ2n) is 17.2. The fourth-order valence-electron chi connectivity index (χ4n) is 10.1. The highest BCUT2D eigenvalue weighted by molar-refractivity contribution is 7.19. The number of para-hydroxylation sites is 2. The molecule has 0 N–H and O–H groups in total. The minimum Gasteiger partial charge on any atom is -0.309 e. The van der Waals surface area contributed by atoms with Gasteiger partial charge in [0.2, 0.25) is 0 Å². The molecule has 0 radical (unpaired) electrons. The number of aromatic nitrogens is 2. The summed E-state index contributed by atoms with van der Waals surface area (Å²) in [4.78, 5) is 5.10. The van der Waals surface area contributed by atoms with Gasteiger partial charge in [0, 0.05) is 52.4 Å². The number of thiophene rings is 2. The fourth-order valence-corrected chi connectivity index (χ4v) is 12.1. The molecule has 4 heterocycles. The summed E-state index contributed by atoms with van der Waals surface area (Å²) in [6.07, 6.45) is 9.17. The van der Waals surface area contributed by atoms with Gasteiger partial charge in [-0.3, -0.25) is 0 Å². The third kappa shape index (κ3) is 6.60. The molecule has 0 unspecified atom stereocenters. The van der Waals surface area contributed by atoms with Crippen molar-refractivity contribution < 1.29 is 0 Å². The molecule has 0 aliphatic heterocycles. The first kappa shape index (κ1) is 38.7. The van der Waals surface area contributed by atoms with Gasteiger partial charge in [-0.25, -0.2) is 0 Å². The van der Waals surface area contributed by atoms with Crippen LogP contribution in [-0.4, -0.2) is 9.13 Å². The molecule has 1 aliphatic carbocycles. The van der Waals surface area contributed by atoms with Crippen LogP contribution < -0.4 is 0 Å². The molecular formula is C62H42N2S2. The number of fused-ring (bicyclic) bond motifs is 7. The van der Waals surface area contributed by atoms with E-state index in [9.17, 15) is 0 Å². The summed E-state index contributed by atoms with van der Waals surface area (Å²) in [5.74, 6) is 0. The number of rotatable bonds is 8. The van der Waals surface area contributed by atoms with Crippen LogP contribution in [0.4, 0.5) is 0 Å². The van der Waals surface area contributed by atoms with Crippen LogP contribution in [0.2, 0.25) is 0 Å². The summed E-state index contributed by atoms with van der Waals surface area (Å²) in [6, 6.07) is 78.5. The molecule has 13 rings (SSSR count). The van der Waals surface area contributed by atoms with Crippen molar-refractivity contribution in [2.24, 2.45) is 0 Å². The molecule has 0 saturated carbocycles. The molecule has 312 valence electrons. The predicted molar refractivity (Wildman–Crippen MR) is 284 cm³/mol. The highest BCUT2D eigenvalue weighted by atomic mass is 32.1. The van der Waals surface area contributed by atoms with E-state index < -0.39 is 0 Å². The van der Waals surface area contributed by atoms with Crippen LogP contribution in [0.1, 0.15) is 17.7 Å². The minimum absolute atomic E-state index is 1.09. The number of hydrogen-bond donors (Lipinski definition) is 0. The van der Waals surface area contributed by atoms with E-state index in [0.717, 1.165) is 24.2 Å². The maximum absolute atomic E-state index is 2.53. The minimum atomic E-state index is 1.09. The quantitative estimate of drug-likeness (QED) is 0.144. The average molecular weight is 879 g/mol. The highest BCUT2D eigenvalue weighted by Crippen LogP contribution is 2.45. The van der Waals surface area contributed by atoms with E-state index in [1.165, 1.54) is 108 Å². The highest BCUT2D eigenvalue weighted by Gasteiger charge is 2.23. The summed E-state index contributed by atoms with van der Waals surface area (Å²) < 4.78 is 5.05. The van der Waals surface area contributed by atoms with E-state index in [-0.39, 0.29) is 0 Å². The number of benzene rings is 8. The van der Waals surface area contributed by atoms with Gasteiger partial charge >= 0.3 is 0 Å². The standard InChI is InChI=1S/C62H42N2S2/c1-5-17-41(18-6-1)45-35-46(42-19-7-2-8-20-42)38-50(37-45)64-54-27-15-13-25-51(54)52-29-30-56-61(62(52)64)53-26-14-16-28-55(53)63(56)49-39-47(59-33-31-57(65-59)43-21-9-3-10-22-43)36-48(40-49)60-34-32-58(66-60)44-23-11-4-12-24-44/h1-3,5-11,13-40H,4,12H2. The topological polar surface area (TPSA) is 9.86 Å². The summed E-state index contributed by atoms with van der Waals surface area (Å²) in [7, 11) is 0. The molecule has 8 aromatic carbocycles. The molecule has 66 heavy (non-hydrogen) atoms. The van der Waals surface area contributed by atoms with E-state index in [4.69, 9.17) is 0 Å². The lowest BCUT2D eigenvalue weighted by Gasteiger charge is -2.15. The van der Waals surface area contributed by atoms with E-state index in [0.29, 0.717) is 0 Å². The van der Waals surface area contributed by atoms with E-state index in [1.807, 2.05) is 22.7 Å². The number of allylic oxidation sites excluding steroid dienone is 4. The van der Waals surface area contributed by atoms with Crippen LogP contribution >= 0.6 is 22.7 Å². The fraction of sp³-hybridized carbons (Fsp3) is 0.0323. The van der Waals surface area contributed by atoms with Gasteiger partial charge < -0.3 is 9.13 Å². The molecule has 0 spiro atoms. The molecule has 12 aromatic rings. The zero-order valence-electron chi connectivity index (χ0n) is 36.1. The Morgan fingerprint density at radius 2 is 0.833 bits per heavy atom. The van der Waals surface area contributed by atoms with Crippen LogP contribution in [0, 0.1) is 0 Å². The van der Waals surface area contributed by atoms with Crippen LogP contribution in [0.15, 0.2) is 231 Å². The number of hydrogen-bond acceptors (Lipinski definition) is 2. The van der Waals surface area contributed by atoms with Gasteiger partial charge in [-0.1, -0.05) is 152 Å². The zero-order chi connectivity index (χ0) is 43.6. The molecule has 1 aliphatic rings. The van der Waals surface area contributed by atoms with Crippen molar-refractivity contribution in [2.45, 2.75) is 12.8 Å². The van der Waals surface area contributed by atoms with Crippen LogP contribution in [0.25, 0.3) is 114 Å². The Morgan fingerprint density at radius 1 is 0.333 bits per heavy atom. The maximum atomic E-state index is 2.53. The summed E-state index contributed by atoms with van der Waals surface area (Å²) in [5.41, 5.74) is 16.8. The Bertz CT molecular complexity index is 3800. The first-order chi connectivity index (χ1) is 32.7. The van der Waals surface area contributed by atoms with Crippen molar-refractivity contribution in [1.29, 1.82) is 0 Å². The monoisotopic (exact) mass is 878 g/mol. The van der Waals surface area contributed by atoms with Gasteiger partial charge in [-0.05, 0) is 136 Å². The molecule has 2 nitrogen and oxygen atoms in total. The Labute approximate surface area is 391 Å². The van der Waals surface area contributed by atoms with Crippen molar-refractivity contribution in [3.8, 4) is 65.0 Å². The summed E-state index contributed by atoms with van der Waals surface area (Å²) >= 11 is 3.75. The van der Waals surface area contributed by atoms with E-state index in [1.54, 1.807) is 0 Å². The molecular weight excluding hydrogens is 837 g/mol. The predicted octanol–water partition coefficient (Wildman–Crippen LogP) is 18.1. The average Bonchev–Trinajstić information content (AvgIpc) is 4.22. The lowest BCUT2D eigenvalue weighted by atomic mass is 9.98. The van der Waals surface area contributed by atoms with Crippen molar-refractivity contribution in [1.82, 2.24) is 9.13 Å². The summed E-state index contributed by atoms with van der Waals surface area (Å²) in [6.45, 7) is 0. The second kappa shape index (κ2) is 16.0. The zero-order valence-corrected chi connectivity index (χ0v) is 37.7. The molecule has 0 fully saturated rings. The largest absolute Gasteiger partial charge is 0.309 e. The van der Waals surface area contributed by atoms with Gasteiger partial charge in [0.05, 0.1) is 22.1 Å². The Hall–Kier alpha value is -7.76. The molecule has 0 atom stereocenters. The van der Waals surface area contributed by atoms with Crippen LogP contribution in [0.3, 0.4) is 0 Å². The van der Waals surface area contributed by atoms with Gasteiger partial charge in [-0.2, -0.15) is 0 Å². The van der Waals surface area contributed by atoms with E-state index in [2.05, 4.69) is 240 Å². The lowest BCUT2D eigenvalue weighted by Crippen LogP contribution is -1.97. The Kier molecular flexibility index (Phi) is 9.40. The first-order valence-electron chi connectivity index (χ1n) is 22.7. The van der Waals surface area contributed by atoms with Crippen molar-refractivity contribution in [2.75, 3.05) is 0 Å². The van der Waals surface area contributed by atoms with Gasteiger partial charge in [-0.15, -0.1) is 22.7 Å². The van der Waals surface area contributed by atoms with Crippen molar-refractivity contribution in [3.05, 3.63) is 235 Å². The lowest BCUT2D eigenvalue weighted by molar-refractivity contribution is 1.04. The molecule has 4 heteroatoms. The van der Waals surface area contributed by atoms with Gasteiger partial charge in [0.1, 0.15) is 0 Å². The van der Waals surface area contributed by atoms with Gasteiger partial charge in [0.25, 0.3) is 0 Å². The second-order valence-corrected chi connectivity index (χ2v) is 19.3. The summed E-state index contributed by atoms with van der Waals surface area (Å²) in [5, 5.41) is 4.96. The molecule has 0 saturated heterocycles. The SMILES string of the molecule is C1=CC(c2ccc(-c3cc(-c4ccc(-c5ccccc5)s4)cc(-n4c5ccccc5c5c4ccc4c6ccccc6n(-c6cc(-c7ccccc7)cc(-c7ccccc7)c6)c45)c3)s2)=CCC1. The van der Waals surface area contributed by atoms with Crippen LogP contribution in [0.5, 0.6) is 0 Å². The normalized spacial score (nSPS) is 12.8. The molecule has 0 amide bonds. The van der Waals surface area contributed by atoms with Crippen molar-refractivity contribution >= 4 is 71.9 Å². The smallest absolute Gasteiger partial charge is 0.0641 e. The van der Waals surface area contributed by atoms with Crippen LogP contribution in [-0.2, 0) is 0 Å². The third-order valence-corrected chi connectivity index (χ3v) is 15.5. The number of nitrogens with zero attached hydrogens (tertiary/aromatic N) is 2. The Morgan fingerprint density at radius 3 is 1.47 bits per heavy atom. The van der Waals surface area contributed by atoms with E-state index >= 15 is 0 Å². The van der Waals surface area contributed by atoms with Gasteiger partial charge in [0.15, 0.2) is 0 Å². The molecule has 0 bridgehead atoms. The Balaban J connectivity index is 1.08. The first-order valence-corrected chi connectivity index (χ1v) is 24.4. The maximum Gasteiger partial charge on any atom is 0.0641 e. The van der Waals surface area contributed by atoms with Crippen molar-refractivity contribution in [3.63, 3.8) is 0 Å².